The van der Waals surface area contributed by atoms with E-state index >= 15 is 0 Å². The number of benzene rings is 4. The number of aromatic hydroxyl groups is 1. The first kappa shape index (κ1) is 18.7. The van der Waals surface area contributed by atoms with Gasteiger partial charge in [-0.25, -0.2) is 0 Å². The van der Waals surface area contributed by atoms with E-state index in [-0.39, 0.29) is 5.75 Å². The van der Waals surface area contributed by atoms with E-state index in [2.05, 4.69) is 36.2 Å². The van der Waals surface area contributed by atoms with Crippen LogP contribution in [0, 0.1) is 0 Å². The molecular weight excluding hydrogens is 354 g/mol. The highest BCUT2D eigenvalue weighted by atomic mass is 16.3. The molecule has 0 saturated heterocycles. The predicted molar refractivity (Wildman–Crippen MR) is 120 cm³/mol. The van der Waals surface area contributed by atoms with Gasteiger partial charge in [-0.3, -0.25) is 4.99 Å². The summed E-state index contributed by atoms with van der Waals surface area (Å²) in [6.45, 7) is 2.16. The van der Waals surface area contributed by atoms with Gasteiger partial charge in [0.25, 0.3) is 0 Å². The maximum Gasteiger partial charge on any atom is 0.128 e. The fraction of sp³-hybridized carbons (Fsp3) is 0.0741. The number of hydrogen-bond donors (Lipinski definition) is 1. The van der Waals surface area contributed by atoms with Gasteiger partial charge in [-0.2, -0.15) is 0 Å². The summed E-state index contributed by atoms with van der Waals surface area (Å²) in [6, 6.07) is 36.2. The van der Waals surface area contributed by atoms with E-state index in [9.17, 15) is 5.11 Å². The second-order valence-corrected chi connectivity index (χ2v) is 7.19. The Morgan fingerprint density at radius 1 is 0.655 bits per heavy atom. The minimum Gasteiger partial charge on any atom is -0.507 e. The maximum absolute atomic E-state index is 11.2. The predicted octanol–water partition coefficient (Wildman–Crippen LogP) is 6.50. The molecule has 0 spiro atoms. The molecule has 0 fully saturated rings. The SMILES string of the molecule is CC(c1ccccc1)(c1ccccc1)c1cccc(/C=N/c2ccccc2)c1O. The Bertz CT molecular complexity index is 1060. The van der Waals surface area contributed by atoms with Crippen molar-refractivity contribution < 1.29 is 5.11 Å². The molecule has 0 aliphatic carbocycles. The van der Waals surface area contributed by atoms with Crippen LogP contribution >= 0.6 is 0 Å². The van der Waals surface area contributed by atoms with Crippen LogP contribution in [-0.2, 0) is 5.41 Å². The van der Waals surface area contributed by atoms with E-state index in [0.717, 1.165) is 22.4 Å². The van der Waals surface area contributed by atoms with Gasteiger partial charge in [0.05, 0.1) is 5.69 Å². The quantitative estimate of drug-likeness (QED) is 0.313. The summed E-state index contributed by atoms with van der Waals surface area (Å²) in [5.41, 5.74) is 4.16. The van der Waals surface area contributed by atoms with Crippen molar-refractivity contribution >= 4 is 11.9 Å². The average Bonchev–Trinajstić information content (AvgIpc) is 2.80. The molecule has 0 saturated carbocycles. The van der Waals surface area contributed by atoms with Crippen molar-refractivity contribution in [1.29, 1.82) is 0 Å². The number of aliphatic imine (C=N–C) groups is 1. The molecule has 1 N–H and O–H groups in total. The minimum atomic E-state index is -0.497. The maximum atomic E-state index is 11.2. The van der Waals surface area contributed by atoms with Crippen LogP contribution in [0.15, 0.2) is 114 Å². The number of phenols is 1. The van der Waals surface area contributed by atoms with Crippen molar-refractivity contribution in [3.63, 3.8) is 0 Å². The minimum absolute atomic E-state index is 0.252. The molecule has 4 aromatic rings. The summed E-state index contributed by atoms with van der Waals surface area (Å²) >= 11 is 0. The second-order valence-electron chi connectivity index (χ2n) is 7.19. The molecule has 0 aliphatic rings. The summed E-state index contributed by atoms with van der Waals surface area (Å²) in [5, 5.41) is 11.2. The normalized spacial score (nSPS) is 11.6. The fourth-order valence-electron chi connectivity index (χ4n) is 3.75. The second kappa shape index (κ2) is 8.15. The van der Waals surface area contributed by atoms with Gasteiger partial charge in [-0.15, -0.1) is 0 Å². The first-order chi connectivity index (χ1) is 14.2. The molecule has 2 heteroatoms. The number of hydrogen-bond acceptors (Lipinski definition) is 2. The third kappa shape index (κ3) is 3.70. The van der Waals surface area contributed by atoms with E-state index < -0.39 is 5.41 Å². The lowest BCUT2D eigenvalue weighted by atomic mass is 9.70. The topological polar surface area (TPSA) is 32.6 Å². The Kier molecular flexibility index (Phi) is 5.26. The third-order valence-corrected chi connectivity index (χ3v) is 5.42. The zero-order chi connectivity index (χ0) is 20.1. The smallest absolute Gasteiger partial charge is 0.128 e. The van der Waals surface area contributed by atoms with E-state index in [1.165, 1.54) is 0 Å². The molecule has 0 unspecified atom stereocenters. The number of phenolic OH excluding ortho intramolecular Hbond substituents is 1. The Balaban J connectivity index is 1.85. The summed E-state index contributed by atoms with van der Waals surface area (Å²) < 4.78 is 0. The summed E-state index contributed by atoms with van der Waals surface area (Å²) in [4.78, 5) is 4.52. The molecule has 142 valence electrons. The third-order valence-electron chi connectivity index (χ3n) is 5.42. The van der Waals surface area contributed by atoms with E-state index in [1.54, 1.807) is 6.21 Å². The van der Waals surface area contributed by atoms with Crippen molar-refractivity contribution in [2.75, 3.05) is 0 Å². The van der Waals surface area contributed by atoms with Crippen LogP contribution in [0.5, 0.6) is 5.75 Å². The highest BCUT2D eigenvalue weighted by molar-refractivity contribution is 5.86. The van der Waals surface area contributed by atoms with E-state index in [0.29, 0.717) is 5.56 Å². The molecule has 0 bridgehead atoms. The van der Waals surface area contributed by atoms with Crippen molar-refractivity contribution in [2.45, 2.75) is 12.3 Å². The Labute approximate surface area is 171 Å². The lowest BCUT2D eigenvalue weighted by Crippen LogP contribution is -2.25. The fourth-order valence-corrected chi connectivity index (χ4v) is 3.75. The van der Waals surface area contributed by atoms with Gasteiger partial charge in [-0.05, 0) is 36.2 Å². The Morgan fingerprint density at radius 2 is 1.17 bits per heavy atom. The Morgan fingerprint density at radius 3 is 1.72 bits per heavy atom. The lowest BCUT2D eigenvalue weighted by molar-refractivity contribution is 0.456. The first-order valence-electron chi connectivity index (χ1n) is 9.72. The van der Waals surface area contributed by atoms with Crippen LogP contribution in [0.4, 0.5) is 5.69 Å². The van der Waals surface area contributed by atoms with Gasteiger partial charge in [0, 0.05) is 22.8 Å². The highest BCUT2D eigenvalue weighted by Gasteiger charge is 2.33. The lowest BCUT2D eigenvalue weighted by Gasteiger charge is -2.32. The van der Waals surface area contributed by atoms with Gasteiger partial charge in [0.15, 0.2) is 0 Å². The van der Waals surface area contributed by atoms with Crippen molar-refractivity contribution in [1.82, 2.24) is 0 Å². The molecule has 0 radical (unpaired) electrons. The van der Waals surface area contributed by atoms with Gasteiger partial charge < -0.3 is 5.11 Å². The zero-order valence-electron chi connectivity index (χ0n) is 16.4. The van der Waals surface area contributed by atoms with Crippen molar-refractivity contribution in [3.05, 3.63) is 131 Å². The first-order valence-corrected chi connectivity index (χ1v) is 9.72. The highest BCUT2D eigenvalue weighted by Crippen LogP contribution is 2.43. The molecule has 4 aromatic carbocycles. The molecule has 0 atom stereocenters. The molecule has 2 nitrogen and oxygen atoms in total. The molecule has 0 amide bonds. The Hall–Kier alpha value is -3.65. The van der Waals surface area contributed by atoms with Crippen LogP contribution < -0.4 is 0 Å². The van der Waals surface area contributed by atoms with Gasteiger partial charge in [0.2, 0.25) is 0 Å². The number of rotatable bonds is 5. The van der Waals surface area contributed by atoms with Crippen LogP contribution in [0.2, 0.25) is 0 Å². The van der Waals surface area contributed by atoms with Crippen molar-refractivity contribution in [2.24, 2.45) is 4.99 Å². The molecule has 29 heavy (non-hydrogen) atoms. The molecule has 0 aliphatic heterocycles. The molecule has 0 aromatic heterocycles. The van der Waals surface area contributed by atoms with E-state index in [4.69, 9.17) is 0 Å². The van der Waals surface area contributed by atoms with Crippen LogP contribution in [0.1, 0.15) is 29.2 Å². The number of para-hydroxylation sites is 2. The van der Waals surface area contributed by atoms with Gasteiger partial charge >= 0.3 is 0 Å². The van der Waals surface area contributed by atoms with Gasteiger partial charge in [0.1, 0.15) is 5.75 Å². The zero-order valence-corrected chi connectivity index (χ0v) is 16.4. The van der Waals surface area contributed by atoms with E-state index in [1.807, 2.05) is 84.9 Å². The molecular formula is C27H23NO. The van der Waals surface area contributed by atoms with Crippen LogP contribution in [-0.4, -0.2) is 11.3 Å². The molecule has 0 heterocycles. The largest absolute Gasteiger partial charge is 0.507 e. The summed E-state index contributed by atoms with van der Waals surface area (Å²) in [6.07, 6.45) is 1.73. The monoisotopic (exact) mass is 377 g/mol. The summed E-state index contributed by atoms with van der Waals surface area (Å²) in [5.74, 6) is 0.252. The molecule has 4 rings (SSSR count). The van der Waals surface area contributed by atoms with Crippen LogP contribution in [0.25, 0.3) is 0 Å². The van der Waals surface area contributed by atoms with Gasteiger partial charge in [-0.1, -0.05) is 91.0 Å². The number of nitrogens with zero attached hydrogens (tertiary/aromatic N) is 1. The average molecular weight is 377 g/mol. The standard InChI is InChI=1S/C27H23NO/c1-27(22-13-5-2-6-14-22,23-15-7-3-8-16-23)25-19-11-12-21(26(25)29)20-28-24-17-9-4-10-18-24/h2-20,29H,1H3/b28-20+. The van der Waals surface area contributed by atoms with Crippen LogP contribution in [0.3, 0.4) is 0 Å². The van der Waals surface area contributed by atoms with Crippen molar-refractivity contribution in [3.8, 4) is 5.75 Å². The summed E-state index contributed by atoms with van der Waals surface area (Å²) in [7, 11) is 0.